The minimum atomic E-state index is -0.354. The number of rotatable bonds is 6. The fourth-order valence-corrected chi connectivity index (χ4v) is 2.56. The van der Waals surface area contributed by atoms with E-state index in [1.165, 1.54) is 17.8 Å². The van der Waals surface area contributed by atoms with E-state index in [-0.39, 0.29) is 36.5 Å². The van der Waals surface area contributed by atoms with Crippen LogP contribution in [0.1, 0.15) is 18.7 Å². The van der Waals surface area contributed by atoms with Crippen LogP contribution in [-0.2, 0) is 11.2 Å². The van der Waals surface area contributed by atoms with E-state index in [4.69, 9.17) is 4.42 Å². The molecule has 2 heterocycles. The number of halogens is 3. The third-order valence-corrected chi connectivity index (χ3v) is 3.93. The summed E-state index contributed by atoms with van der Waals surface area (Å²) < 4.78 is 19.3. The quantitative estimate of drug-likeness (QED) is 0.728. The van der Waals surface area contributed by atoms with Crippen molar-refractivity contribution < 1.29 is 13.6 Å². The van der Waals surface area contributed by atoms with Crippen LogP contribution < -0.4 is 10.6 Å². The molecule has 1 amide bonds. The number of aromatic nitrogens is 1. The van der Waals surface area contributed by atoms with Gasteiger partial charge in [-0.05, 0) is 25.1 Å². The van der Waals surface area contributed by atoms with Gasteiger partial charge in [0.1, 0.15) is 5.82 Å². The molecule has 0 fully saturated rings. The number of amides is 1. The summed E-state index contributed by atoms with van der Waals surface area (Å²) in [4.78, 5) is 16.0. The zero-order valence-electron chi connectivity index (χ0n) is 14.2. The average molecular weight is 402 g/mol. The van der Waals surface area contributed by atoms with Gasteiger partial charge in [-0.3, -0.25) is 4.79 Å². The lowest BCUT2D eigenvalue weighted by molar-refractivity contribution is -0.120. The van der Waals surface area contributed by atoms with Gasteiger partial charge >= 0.3 is 0 Å². The summed E-state index contributed by atoms with van der Waals surface area (Å²) in [5.74, 6) is 0.418. The molecule has 142 valence electrons. The molecule has 3 rings (SSSR count). The topological polar surface area (TPSA) is 67.2 Å². The van der Waals surface area contributed by atoms with E-state index in [1.807, 2.05) is 0 Å². The fourth-order valence-electron chi connectivity index (χ4n) is 2.56. The second-order valence-electron chi connectivity index (χ2n) is 5.69. The molecule has 1 aromatic heterocycles. The van der Waals surface area contributed by atoms with Gasteiger partial charge in [0.05, 0.1) is 11.8 Å². The summed E-state index contributed by atoms with van der Waals surface area (Å²) in [5.41, 5.74) is 1.62. The molecule has 0 saturated carbocycles. The van der Waals surface area contributed by atoms with Gasteiger partial charge in [-0.2, -0.15) is 0 Å². The number of nitrogens with one attached hydrogen (secondary N) is 2. The van der Waals surface area contributed by atoms with E-state index in [9.17, 15) is 9.18 Å². The highest BCUT2D eigenvalue weighted by Crippen LogP contribution is 2.23. The first-order chi connectivity index (χ1) is 11.7. The minimum Gasteiger partial charge on any atom is -0.441 e. The lowest BCUT2D eigenvalue weighted by Crippen LogP contribution is -2.29. The number of benzene rings is 1. The number of carbonyl (C=O) groups excluding carboxylic acids is 1. The van der Waals surface area contributed by atoms with Crippen LogP contribution in [0.15, 0.2) is 46.5 Å². The molecule has 2 aromatic rings. The van der Waals surface area contributed by atoms with Crippen molar-refractivity contribution in [1.82, 2.24) is 15.6 Å². The Balaban J connectivity index is 0.00000169. The second kappa shape index (κ2) is 11.0. The van der Waals surface area contributed by atoms with Crippen molar-refractivity contribution in [2.45, 2.75) is 19.3 Å². The highest BCUT2D eigenvalue weighted by molar-refractivity contribution is 5.85. The summed E-state index contributed by atoms with van der Waals surface area (Å²) >= 11 is 0. The van der Waals surface area contributed by atoms with Gasteiger partial charge in [-0.25, -0.2) is 9.37 Å². The molecule has 0 radical (unpaired) electrons. The normalized spacial score (nSPS) is 13.2. The van der Waals surface area contributed by atoms with E-state index in [0.717, 1.165) is 19.5 Å². The molecule has 0 spiro atoms. The lowest BCUT2D eigenvalue weighted by atomic mass is 10.1. The van der Waals surface area contributed by atoms with Crippen molar-refractivity contribution in [1.29, 1.82) is 0 Å². The number of hydrogen-bond donors (Lipinski definition) is 2. The Morgan fingerprint density at radius 1 is 1.31 bits per heavy atom. The van der Waals surface area contributed by atoms with Gasteiger partial charge in [0.2, 0.25) is 5.91 Å². The molecule has 0 saturated heterocycles. The first kappa shape index (κ1) is 22.2. The van der Waals surface area contributed by atoms with Gasteiger partial charge in [-0.1, -0.05) is 23.8 Å². The molecule has 5 nitrogen and oxygen atoms in total. The maximum atomic E-state index is 13.7. The summed E-state index contributed by atoms with van der Waals surface area (Å²) in [6.07, 6.45) is 5.25. The summed E-state index contributed by atoms with van der Waals surface area (Å²) in [6, 6.07) is 6.38. The number of carbonyl (C=O) groups is 1. The summed E-state index contributed by atoms with van der Waals surface area (Å²) in [7, 11) is 0. The van der Waals surface area contributed by atoms with E-state index < -0.39 is 0 Å². The maximum Gasteiger partial charge on any atom is 0.220 e. The molecule has 0 bridgehead atoms. The average Bonchev–Trinajstić information content (AvgIpc) is 3.08. The molecule has 1 aromatic carbocycles. The highest BCUT2D eigenvalue weighted by Gasteiger charge is 2.12. The van der Waals surface area contributed by atoms with Crippen molar-refractivity contribution in [2.75, 3.05) is 19.6 Å². The number of nitrogens with zero attached hydrogens (tertiary/aromatic N) is 1. The molecular formula is C18H22Cl2FN3O2. The Kier molecular flexibility index (Phi) is 9.34. The molecule has 8 heteroatoms. The zero-order valence-corrected chi connectivity index (χ0v) is 15.8. The first-order valence-corrected chi connectivity index (χ1v) is 8.07. The smallest absolute Gasteiger partial charge is 0.220 e. The van der Waals surface area contributed by atoms with Crippen LogP contribution in [0.25, 0.3) is 11.3 Å². The van der Waals surface area contributed by atoms with Gasteiger partial charge in [0.15, 0.2) is 11.7 Å². The summed E-state index contributed by atoms with van der Waals surface area (Å²) in [6.45, 7) is 2.41. The lowest BCUT2D eigenvalue weighted by Gasteiger charge is -2.14. The van der Waals surface area contributed by atoms with Crippen molar-refractivity contribution in [3.8, 4) is 11.3 Å². The largest absolute Gasteiger partial charge is 0.441 e. The minimum absolute atomic E-state index is 0. The van der Waals surface area contributed by atoms with E-state index >= 15 is 0 Å². The second-order valence-corrected chi connectivity index (χ2v) is 5.69. The highest BCUT2D eigenvalue weighted by atomic mass is 35.5. The van der Waals surface area contributed by atoms with Crippen LogP contribution >= 0.6 is 24.8 Å². The monoisotopic (exact) mass is 401 g/mol. The van der Waals surface area contributed by atoms with Crippen LogP contribution in [0.3, 0.4) is 0 Å². The summed E-state index contributed by atoms with van der Waals surface area (Å²) in [5, 5.41) is 6.14. The van der Waals surface area contributed by atoms with Crippen LogP contribution in [-0.4, -0.2) is 30.5 Å². The molecule has 1 aliphatic heterocycles. The van der Waals surface area contributed by atoms with Gasteiger partial charge in [-0.15, -0.1) is 24.8 Å². The van der Waals surface area contributed by atoms with E-state index in [1.54, 1.807) is 18.2 Å². The van der Waals surface area contributed by atoms with Gasteiger partial charge in [0.25, 0.3) is 0 Å². The number of hydrogen-bond acceptors (Lipinski definition) is 4. The molecule has 0 atom stereocenters. The maximum absolute atomic E-state index is 13.7. The van der Waals surface area contributed by atoms with Crippen LogP contribution in [0.2, 0.25) is 0 Å². The predicted molar refractivity (Wildman–Crippen MR) is 103 cm³/mol. The van der Waals surface area contributed by atoms with E-state index in [2.05, 4.69) is 21.7 Å². The fraction of sp³-hybridized carbons (Fsp3) is 0.333. The van der Waals surface area contributed by atoms with E-state index in [0.29, 0.717) is 36.6 Å². The van der Waals surface area contributed by atoms with Gasteiger partial charge in [0, 0.05) is 25.9 Å². The standard InChI is InChI=1S/C18H20FN3O2.2ClH/c19-15-4-2-1-3-14(15)16-12-22-18(24-16)6-5-17(23)21-11-13-7-9-20-10-8-13;;/h1-4,7,12,20H,5-6,8-11H2,(H,21,23);2*1H. The molecular weight excluding hydrogens is 380 g/mol. The molecule has 1 aliphatic rings. The molecule has 0 aliphatic carbocycles. The number of aryl methyl sites for hydroxylation is 1. The Morgan fingerprint density at radius 2 is 2.12 bits per heavy atom. The van der Waals surface area contributed by atoms with Crippen LogP contribution in [0.5, 0.6) is 0 Å². The predicted octanol–water partition coefficient (Wildman–Crippen LogP) is 3.29. The van der Waals surface area contributed by atoms with Crippen LogP contribution in [0.4, 0.5) is 4.39 Å². The van der Waals surface area contributed by atoms with Crippen LogP contribution in [0, 0.1) is 5.82 Å². The van der Waals surface area contributed by atoms with Crippen molar-refractivity contribution in [3.63, 3.8) is 0 Å². The van der Waals surface area contributed by atoms with Crippen molar-refractivity contribution in [2.24, 2.45) is 0 Å². The molecule has 26 heavy (non-hydrogen) atoms. The first-order valence-electron chi connectivity index (χ1n) is 8.07. The molecule has 2 N–H and O–H groups in total. The Hall–Kier alpha value is -1.89. The van der Waals surface area contributed by atoms with Crippen molar-refractivity contribution in [3.05, 3.63) is 53.8 Å². The third kappa shape index (κ3) is 6.12. The third-order valence-electron chi connectivity index (χ3n) is 3.93. The Labute approximate surface area is 164 Å². The molecule has 0 unspecified atom stereocenters. The Morgan fingerprint density at radius 3 is 2.85 bits per heavy atom. The number of oxazole rings is 1. The zero-order chi connectivity index (χ0) is 16.8. The Bertz CT molecular complexity index is 750. The van der Waals surface area contributed by atoms with Crippen molar-refractivity contribution >= 4 is 30.7 Å². The van der Waals surface area contributed by atoms with Gasteiger partial charge < -0.3 is 15.1 Å². The SMILES string of the molecule is Cl.Cl.O=C(CCc1ncc(-c2ccccc2F)o1)NCC1=CCNCC1.